The van der Waals surface area contributed by atoms with E-state index in [1.165, 1.54) is 31.4 Å². The van der Waals surface area contributed by atoms with Crippen molar-refractivity contribution in [2.24, 2.45) is 0 Å². The van der Waals surface area contributed by atoms with Crippen LogP contribution < -0.4 is 10.3 Å². The zero-order valence-electron chi connectivity index (χ0n) is 10.5. The number of methoxy groups -OCH3 is 1. The van der Waals surface area contributed by atoms with Gasteiger partial charge in [0.05, 0.1) is 19.2 Å². The number of nitrogens with zero attached hydrogens (tertiary/aromatic N) is 2. The summed E-state index contributed by atoms with van der Waals surface area (Å²) in [7, 11) is 1.39. The molecule has 1 N–H and O–H groups in total. The van der Waals surface area contributed by atoms with Crippen LogP contribution in [0.3, 0.4) is 0 Å². The van der Waals surface area contributed by atoms with E-state index in [0.29, 0.717) is 0 Å². The predicted molar refractivity (Wildman–Crippen MR) is 67.5 cm³/mol. The molecule has 0 saturated carbocycles. The highest BCUT2D eigenvalue weighted by Crippen LogP contribution is 2.14. The molecule has 0 spiro atoms. The van der Waals surface area contributed by atoms with Crippen molar-refractivity contribution in [2.45, 2.75) is 6.54 Å². The summed E-state index contributed by atoms with van der Waals surface area (Å²) < 4.78 is 19.9. The van der Waals surface area contributed by atoms with Crippen LogP contribution in [0.2, 0.25) is 0 Å². The van der Waals surface area contributed by atoms with Crippen molar-refractivity contribution < 1.29 is 19.0 Å². The Bertz CT molecular complexity index is 712. The zero-order chi connectivity index (χ0) is 14.7. The van der Waals surface area contributed by atoms with Crippen molar-refractivity contribution in [1.29, 1.82) is 0 Å². The fourth-order valence-electron chi connectivity index (χ4n) is 1.68. The number of carbonyl (C=O) groups is 1. The van der Waals surface area contributed by atoms with Crippen LogP contribution in [0.15, 0.2) is 35.1 Å². The number of ether oxygens (including phenoxy) is 1. The van der Waals surface area contributed by atoms with Crippen molar-refractivity contribution in [2.75, 3.05) is 7.11 Å². The Labute approximate surface area is 113 Å². The van der Waals surface area contributed by atoms with Gasteiger partial charge < -0.3 is 9.84 Å². The fourth-order valence-corrected chi connectivity index (χ4v) is 1.68. The minimum absolute atomic E-state index is 0.0627. The van der Waals surface area contributed by atoms with E-state index in [1.807, 2.05) is 0 Å². The molecule has 0 amide bonds. The predicted octanol–water partition coefficient (Wildman–Crippen LogP) is 1.14. The minimum atomic E-state index is -1.37. The van der Waals surface area contributed by atoms with Crippen molar-refractivity contribution in [1.82, 2.24) is 9.78 Å². The largest absolute Gasteiger partial charge is 0.480 e. The molecule has 0 unspecified atom stereocenters. The van der Waals surface area contributed by atoms with Crippen LogP contribution in [0, 0.1) is 5.82 Å². The number of hydrogen-bond acceptors (Lipinski definition) is 4. The third-order valence-electron chi connectivity index (χ3n) is 2.68. The van der Waals surface area contributed by atoms with Crippen molar-refractivity contribution in [3.63, 3.8) is 0 Å². The Balaban J connectivity index is 2.42. The second-order valence-electron chi connectivity index (χ2n) is 3.96. The molecule has 0 radical (unpaired) electrons. The topological polar surface area (TPSA) is 81.4 Å². The van der Waals surface area contributed by atoms with Crippen LogP contribution in [-0.2, 0) is 6.54 Å². The number of halogens is 1. The van der Waals surface area contributed by atoms with Crippen molar-refractivity contribution in [3.05, 3.63) is 57.6 Å². The fraction of sp³-hybridized carbons (Fsp3) is 0.154. The summed E-state index contributed by atoms with van der Waals surface area (Å²) >= 11 is 0. The molecule has 1 heterocycles. The first-order chi connectivity index (χ1) is 9.52. The van der Waals surface area contributed by atoms with Gasteiger partial charge in [-0.25, -0.2) is 13.9 Å². The standard InChI is InChI=1S/C13H11FN2O4/c1-20-10-5-6-11(17)16(15-10)7-8-3-2-4-9(12(8)14)13(18)19/h2-6H,7H2,1H3,(H,18,19). The number of aromatic nitrogens is 2. The smallest absolute Gasteiger partial charge is 0.338 e. The molecule has 2 aromatic rings. The van der Waals surface area contributed by atoms with Crippen LogP contribution in [-0.4, -0.2) is 28.0 Å². The highest BCUT2D eigenvalue weighted by molar-refractivity contribution is 5.88. The van der Waals surface area contributed by atoms with E-state index in [2.05, 4.69) is 5.10 Å². The van der Waals surface area contributed by atoms with Gasteiger partial charge in [0.1, 0.15) is 5.82 Å². The molecule has 7 heteroatoms. The quantitative estimate of drug-likeness (QED) is 0.906. The Morgan fingerprint density at radius 2 is 2.15 bits per heavy atom. The first kappa shape index (κ1) is 13.7. The molecular weight excluding hydrogens is 267 g/mol. The monoisotopic (exact) mass is 278 g/mol. The summed E-state index contributed by atoms with van der Waals surface area (Å²) in [6.45, 7) is -0.178. The summed E-state index contributed by atoms with van der Waals surface area (Å²) in [5, 5.41) is 12.7. The lowest BCUT2D eigenvalue weighted by Crippen LogP contribution is -2.23. The van der Waals surface area contributed by atoms with Gasteiger partial charge in [0.2, 0.25) is 5.88 Å². The van der Waals surface area contributed by atoms with Crippen molar-refractivity contribution >= 4 is 5.97 Å². The third kappa shape index (κ3) is 2.66. The highest BCUT2D eigenvalue weighted by Gasteiger charge is 2.14. The first-order valence-electron chi connectivity index (χ1n) is 5.65. The summed E-state index contributed by atoms with van der Waals surface area (Å²) in [5.74, 6) is -2.04. The summed E-state index contributed by atoms with van der Waals surface area (Å²) in [6, 6.07) is 6.60. The van der Waals surface area contributed by atoms with Gasteiger partial charge in [-0.2, -0.15) is 0 Å². The Morgan fingerprint density at radius 1 is 1.40 bits per heavy atom. The van der Waals surface area contributed by atoms with Gasteiger partial charge in [0.15, 0.2) is 0 Å². The molecule has 0 atom stereocenters. The molecule has 0 aliphatic heterocycles. The van der Waals surface area contributed by atoms with E-state index in [0.717, 1.165) is 10.7 Å². The van der Waals surface area contributed by atoms with Crippen LogP contribution in [0.5, 0.6) is 5.88 Å². The van der Waals surface area contributed by atoms with Crippen LogP contribution in [0.4, 0.5) is 4.39 Å². The lowest BCUT2D eigenvalue weighted by molar-refractivity contribution is 0.0691. The molecule has 1 aromatic heterocycles. The molecule has 1 aromatic carbocycles. The molecule has 20 heavy (non-hydrogen) atoms. The molecule has 2 rings (SSSR count). The molecular formula is C13H11FN2O4. The van der Waals surface area contributed by atoms with Gasteiger partial charge in [-0.3, -0.25) is 4.79 Å². The van der Waals surface area contributed by atoms with Crippen LogP contribution in [0.25, 0.3) is 0 Å². The normalized spacial score (nSPS) is 10.3. The van der Waals surface area contributed by atoms with Gasteiger partial charge in [-0.15, -0.1) is 5.10 Å². The Hall–Kier alpha value is -2.70. The average Bonchev–Trinajstić information content (AvgIpc) is 2.43. The minimum Gasteiger partial charge on any atom is -0.480 e. The lowest BCUT2D eigenvalue weighted by atomic mass is 10.1. The maximum Gasteiger partial charge on any atom is 0.338 e. The van der Waals surface area contributed by atoms with E-state index >= 15 is 0 Å². The summed E-state index contributed by atoms with van der Waals surface area (Å²) in [5.41, 5.74) is -0.822. The van der Waals surface area contributed by atoms with E-state index in [-0.39, 0.29) is 18.0 Å². The SMILES string of the molecule is COc1ccc(=O)n(Cc2cccc(C(=O)O)c2F)n1. The van der Waals surface area contributed by atoms with Crippen LogP contribution in [0.1, 0.15) is 15.9 Å². The van der Waals surface area contributed by atoms with E-state index < -0.39 is 22.9 Å². The second kappa shape index (κ2) is 5.52. The lowest BCUT2D eigenvalue weighted by Gasteiger charge is -2.08. The summed E-state index contributed by atoms with van der Waals surface area (Å²) in [6.07, 6.45) is 0. The van der Waals surface area contributed by atoms with E-state index in [1.54, 1.807) is 0 Å². The number of benzene rings is 1. The highest BCUT2D eigenvalue weighted by atomic mass is 19.1. The molecule has 0 bridgehead atoms. The third-order valence-corrected chi connectivity index (χ3v) is 2.68. The molecule has 0 aliphatic rings. The Morgan fingerprint density at radius 3 is 2.80 bits per heavy atom. The van der Waals surface area contributed by atoms with E-state index in [9.17, 15) is 14.0 Å². The maximum atomic E-state index is 14.0. The summed E-state index contributed by atoms with van der Waals surface area (Å²) in [4.78, 5) is 22.5. The van der Waals surface area contributed by atoms with Crippen molar-refractivity contribution in [3.8, 4) is 5.88 Å². The average molecular weight is 278 g/mol. The first-order valence-corrected chi connectivity index (χ1v) is 5.65. The molecule has 0 aliphatic carbocycles. The number of carboxylic acid groups (broad SMARTS) is 1. The van der Waals surface area contributed by atoms with Gasteiger partial charge in [0.25, 0.3) is 5.56 Å². The number of aromatic carboxylic acids is 1. The maximum absolute atomic E-state index is 14.0. The van der Waals surface area contributed by atoms with Crippen LogP contribution >= 0.6 is 0 Å². The molecule has 104 valence electrons. The number of hydrogen-bond donors (Lipinski definition) is 1. The molecule has 6 nitrogen and oxygen atoms in total. The zero-order valence-corrected chi connectivity index (χ0v) is 10.5. The van der Waals surface area contributed by atoms with E-state index in [4.69, 9.17) is 9.84 Å². The van der Waals surface area contributed by atoms with Gasteiger partial charge in [0, 0.05) is 17.7 Å². The number of rotatable bonds is 4. The molecule has 0 saturated heterocycles. The number of carboxylic acids is 1. The Kier molecular flexibility index (Phi) is 3.79. The molecule has 0 fully saturated rings. The van der Waals surface area contributed by atoms with Gasteiger partial charge in [-0.1, -0.05) is 12.1 Å². The van der Waals surface area contributed by atoms with Gasteiger partial charge in [-0.05, 0) is 6.07 Å². The second-order valence-corrected chi connectivity index (χ2v) is 3.96. The van der Waals surface area contributed by atoms with Gasteiger partial charge >= 0.3 is 5.97 Å².